The normalized spacial score (nSPS) is 25.6. The molecule has 3 aliphatic rings. The van der Waals surface area contributed by atoms with Crippen molar-refractivity contribution in [1.82, 2.24) is 14.5 Å². The lowest BCUT2D eigenvalue weighted by Crippen LogP contribution is -2.54. The van der Waals surface area contributed by atoms with E-state index in [0.717, 1.165) is 54.7 Å². The van der Waals surface area contributed by atoms with Gasteiger partial charge in [-0.2, -0.15) is 0 Å². The number of hydrogen-bond donors (Lipinski definition) is 1. The van der Waals surface area contributed by atoms with Crippen LogP contribution in [0.2, 0.25) is 0 Å². The van der Waals surface area contributed by atoms with E-state index in [0.29, 0.717) is 6.54 Å². The summed E-state index contributed by atoms with van der Waals surface area (Å²) in [5.74, 6) is -0.0435. The molecule has 2 aromatic heterocycles. The third kappa shape index (κ3) is 1.87. The van der Waals surface area contributed by atoms with Gasteiger partial charge in [0.15, 0.2) is 17.6 Å². The van der Waals surface area contributed by atoms with E-state index < -0.39 is 18.1 Å². The summed E-state index contributed by atoms with van der Waals surface area (Å²) in [5.41, 5.74) is 4.55. The molecule has 0 saturated carbocycles. The monoisotopic (exact) mass is 451 g/mol. The molecule has 3 unspecified atom stereocenters. The average Bonchev–Trinajstić information content (AvgIpc) is 3.46. The van der Waals surface area contributed by atoms with Crippen molar-refractivity contribution in [2.24, 2.45) is 0 Å². The van der Waals surface area contributed by atoms with Crippen LogP contribution in [-0.2, 0) is 26.5 Å². The third-order valence-electron chi connectivity index (χ3n) is 8.01. The lowest BCUT2D eigenvalue weighted by molar-refractivity contribution is -0.235. The van der Waals surface area contributed by atoms with Gasteiger partial charge in [-0.05, 0) is 24.6 Å². The molecule has 8 rings (SSSR count). The number of carbonyl (C=O) groups excluding carboxylic acids is 2. The van der Waals surface area contributed by atoms with E-state index in [-0.39, 0.29) is 18.1 Å². The maximum Gasteiger partial charge on any atom is 0.252 e. The summed E-state index contributed by atoms with van der Waals surface area (Å²) in [7, 11) is 1.57. The lowest BCUT2D eigenvalue weighted by atomic mass is 9.96. The van der Waals surface area contributed by atoms with Gasteiger partial charge in [0.05, 0.1) is 34.1 Å². The number of nitrogens with one attached hydrogen (secondary N) is 1. The van der Waals surface area contributed by atoms with Crippen LogP contribution < -0.4 is 5.32 Å². The minimum Gasteiger partial charge on any atom is -0.369 e. The number of methoxy groups -OCH3 is 1. The molecule has 1 N–H and O–H groups in total. The Hall–Kier alpha value is -3.68. The molecule has 5 aromatic rings. The zero-order chi connectivity index (χ0) is 22.9. The number of ketones is 1. The summed E-state index contributed by atoms with van der Waals surface area (Å²) >= 11 is 0. The first-order chi connectivity index (χ1) is 16.5. The molecule has 1 saturated heterocycles. The molecule has 3 atom stereocenters. The molecular formula is C27H21N3O4. The van der Waals surface area contributed by atoms with Gasteiger partial charge in [-0.25, -0.2) is 0 Å². The van der Waals surface area contributed by atoms with Crippen LogP contribution >= 0.6 is 0 Å². The Morgan fingerprint density at radius 3 is 2.47 bits per heavy atom. The molecule has 3 aliphatic heterocycles. The van der Waals surface area contributed by atoms with Gasteiger partial charge < -0.3 is 23.9 Å². The summed E-state index contributed by atoms with van der Waals surface area (Å²) in [6.07, 6.45) is -1.05. The summed E-state index contributed by atoms with van der Waals surface area (Å²) in [6.45, 7) is 2.43. The zero-order valence-electron chi connectivity index (χ0n) is 18.7. The predicted molar refractivity (Wildman–Crippen MR) is 128 cm³/mol. The molecule has 7 nitrogen and oxygen atoms in total. The second kappa shape index (κ2) is 5.87. The van der Waals surface area contributed by atoms with Crippen molar-refractivity contribution in [3.8, 4) is 0 Å². The minimum atomic E-state index is -1.05. The lowest BCUT2D eigenvalue weighted by Gasteiger charge is -2.43. The van der Waals surface area contributed by atoms with Crippen LogP contribution in [-0.4, -0.2) is 34.0 Å². The second-order valence-corrected chi connectivity index (χ2v) is 9.64. The highest BCUT2D eigenvalue weighted by molar-refractivity contribution is 6.31. The van der Waals surface area contributed by atoms with Crippen LogP contribution in [0.1, 0.15) is 35.5 Å². The Morgan fingerprint density at radius 1 is 1.00 bits per heavy atom. The number of ether oxygens (including phenoxy) is 2. The van der Waals surface area contributed by atoms with Gasteiger partial charge in [0.25, 0.3) is 5.91 Å². The van der Waals surface area contributed by atoms with E-state index in [1.165, 1.54) is 0 Å². The highest BCUT2D eigenvalue weighted by Crippen LogP contribution is 2.53. The van der Waals surface area contributed by atoms with Crippen LogP contribution in [0.15, 0.2) is 48.5 Å². The number of fused-ring (bicyclic) bond motifs is 13. The molecule has 34 heavy (non-hydrogen) atoms. The fraction of sp³-hybridized carbons (Fsp3) is 0.259. The number of para-hydroxylation sites is 2. The molecule has 0 aliphatic carbocycles. The molecule has 5 heterocycles. The zero-order valence-corrected chi connectivity index (χ0v) is 18.7. The maximum absolute atomic E-state index is 13.5. The summed E-state index contributed by atoms with van der Waals surface area (Å²) in [4.78, 5) is 26.7. The smallest absolute Gasteiger partial charge is 0.252 e. The van der Waals surface area contributed by atoms with Crippen LogP contribution in [0.25, 0.3) is 43.6 Å². The largest absolute Gasteiger partial charge is 0.369 e. The van der Waals surface area contributed by atoms with E-state index in [2.05, 4.69) is 32.7 Å². The summed E-state index contributed by atoms with van der Waals surface area (Å²) in [6, 6.07) is 16.3. The molecule has 2 bridgehead atoms. The minimum absolute atomic E-state index is 0.0104. The molecule has 1 fully saturated rings. The highest BCUT2D eigenvalue weighted by Gasteiger charge is 2.53. The van der Waals surface area contributed by atoms with Crippen molar-refractivity contribution in [3.63, 3.8) is 0 Å². The fourth-order valence-electron chi connectivity index (χ4n) is 6.86. The number of amides is 1. The molecule has 0 radical (unpaired) electrons. The number of Topliss-reactive ketones (excluding diaryl/α,β-unsaturated/α-hetero) is 1. The van der Waals surface area contributed by atoms with Gasteiger partial charge in [-0.1, -0.05) is 36.4 Å². The predicted octanol–water partition coefficient (Wildman–Crippen LogP) is 4.34. The van der Waals surface area contributed by atoms with E-state index >= 15 is 0 Å². The second-order valence-electron chi connectivity index (χ2n) is 9.64. The molecule has 3 aromatic carbocycles. The van der Waals surface area contributed by atoms with E-state index in [1.54, 1.807) is 7.11 Å². The molecular weight excluding hydrogens is 430 g/mol. The van der Waals surface area contributed by atoms with Crippen molar-refractivity contribution in [2.75, 3.05) is 7.11 Å². The van der Waals surface area contributed by atoms with E-state index in [9.17, 15) is 9.59 Å². The standard InChI is InChI=1S/C27H21N3O4/c1-27-25(33-2)18(31)11-19(34-27)29-16-9-5-3-7-13(16)21-22-15(12-28-26(22)32)20-14-8-4-6-10-17(14)30(27)24(20)23(21)29/h3-10,19,25H,11-12H2,1-2H3,(H,28,32). The SMILES string of the molecule is COC1C(=O)CC2OC1(C)n1c3ccccc3c3c4c(c5c6ccccc6n2c5c31)C(=O)NC4. The Kier molecular flexibility index (Phi) is 3.23. The van der Waals surface area contributed by atoms with Gasteiger partial charge in [0, 0.05) is 35.2 Å². The summed E-state index contributed by atoms with van der Waals surface area (Å²) < 4.78 is 16.9. The van der Waals surface area contributed by atoms with Crippen LogP contribution in [0.5, 0.6) is 0 Å². The van der Waals surface area contributed by atoms with Crippen LogP contribution in [0, 0.1) is 0 Å². The number of aromatic nitrogens is 2. The molecule has 0 spiro atoms. The molecule has 7 heteroatoms. The topological polar surface area (TPSA) is 74.5 Å². The highest BCUT2D eigenvalue weighted by atomic mass is 16.6. The number of hydrogen-bond acceptors (Lipinski definition) is 4. The van der Waals surface area contributed by atoms with E-state index in [1.807, 2.05) is 37.3 Å². The first kappa shape index (κ1) is 18.7. The fourth-order valence-corrected chi connectivity index (χ4v) is 6.86. The van der Waals surface area contributed by atoms with Gasteiger partial charge in [0.2, 0.25) is 0 Å². The number of benzene rings is 3. The maximum atomic E-state index is 13.5. The Bertz CT molecular complexity index is 1780. The Labute approximate surface area is 193 Å². The Balaban J connectivity index is 1.76. The van der Waals surface area contributed by atoms with Gasteiger partial charge in [-0.15, -0.1) is 0 Å². The third-order valence-corrected chi connectivity index (χ3v) is 8.01. The molecule has 168 valence electrons. The van der Waals surface area contributed by atoms with Crippen LogP contribution in [0.4, 0.5) is 0 Å². The van der Waals surface area contributed by atoms with Crippen molar-refractivity contribution in [3.05, 3.63) is 59.7 Å². The molecule has 1 amide bonds. The quantitative estimate of drug-likeness (QED) is 0.412. The van der Waals surface area contributed by atoms with Crippen molar-refractivity contribution < 1.29 is 19.1 Å². The summed E-state index contributed by atoms with van der Waals surface area (Å²) in [5, 5.41) is 7.08. The number of carbonyl (C=O) groups is 2. The average molecular weight is 451 g/mol. The first-order valence-corrected chi connectivity index (χ1v) is 11.6. The van der Waals surface area contributed by atoms with Gasteiger partial charge in [-0.3, -0.25) is 9.59 Å². The van der Waals surface area contributed by atoms with E-state index in [4.69, 9.17) is 9.47 Å². The van der Waals surface area contributed by atoms with Gasteiger partial charge in [0.1, 0.15) is 6.23 Å². The van der Waals surface area contributed by atoms with Crippen molar-refractivity contribution in [2.45, 2.75) is 37.9 Å². The number of nitrogens with zero attached hydrogens (tertiary/aromatic N) is 2. The Morgan fingerprint density at radius 2 is 1.71 bits per heavy atom. The van der Waals surface area contributed by atoms with Gasteiger partial charge >= 0.3 is 0 Å². The van der Waals surface area contributed by atoms with Crippen molar-refractivity contribution >= 4 is 55.3 Å². The van der Waals surface area contributed by atoms with Crippen molar-refractivity contribution in [1.29, 1.82) is 0 Å². The first-order valence-electron chi connectivity index (χ1n) is 11.6. The number of rotatable bonds is 1. The van der Waals surface area contributed by atoms with Crippen LogP contribution in [0.3, 0.4) is 0 Å².